The number of rotatable bonds is 2. The summed E-state index contributed by atoms with van der Waals surface area (Å²) < 4.78 is 38.6. The molecular formula is C7H4F3NO3. The first-order chi connectivity index (χ1) is 6.44. The molecule has 1 N–H and O–H groups in total. The van der Waals surface area contributed by atoms with Crippen LogP contribution in [0.1, 0.15) is 10.5 Å². The van der Waals surface area contributed by atoms with Crippen LogP contribution in [0, 0.1) is 0 Å². The fourth-order valence-corrected chi connectivity index (χ4v) is 0.745. The maximum absolute atomic E-state index is 11.7. The average Bonchev–Trinajstić information content (AvgIpc) is 2.06. The molecule has 7 heteroatoms. The molecule has 4 nitrogen and oxygen atoms in total. The quantitative estimate of drug-likeness (QED) is 0.746. The van der Waals surface area contributed by atoms with Gasteiger partial charge in [-0.05, 0) is 0 Å². The Morgan fingerprint density at radius 2 is 2.14 bits per heavy atom. The summed E-state index contributed by atoms with van der Waals surface area (Å²) in [7, 11) is 0. The van der Waals surface area contributed by atoms with Gasteiger partial charge < -0.3 is 9.84 Å². The molecule has 0 fully saturated rings. The number of aromatic nitrogens is 1. The molecule has 14 heavy (non-hydrogen) atoms. The van der Waals surface area contributed by atoms with Crippen LogP contribution in [-0.4, -0.2) is 22.7 Å². The summed E-state index contributed by atoms with van der Waals surface area (Å²) in [6.45, 7) is 0. The number of carbonyl (C=O) groups excluding carboxylic acids is 1. The molecular weight excluding hydrogens is 203 g/mol. The molecule has 0 aliphatic rings. The maximum Gasteiger partial charge on any atom is 0.573 e. The Bertz CT molecular complexity index is 351. The zero-order chi connectivity index (χ0) is 10.8. The van der Waals surface area contributed by atoms with E-state index in [0.29, 0.717) is 0 Å². The summed E-state index contributed by atoms with van der Waals surface area (Å²) >= 11 is 0. The highest BCUT2D eigenvalue weighted by atomic mass is 19.4. The van der Waals surface area contributed by atoms with Crippen molar-refractivity contribution in [2.45, 2.75) is 6.36 Å². The molecule has 0 aromatic carbocycles. The molecule has 0 radical (unpaired) electrons. The van der Waals surface area contributed by atoms with E-state index in [1.54, 1.807) is 0 Å². The second kappa shape index (κ2) is 3.52. The molecule has 0 bridgehead atoms. The van der Waals surface area contributed by atoms with E-state index in [-0.39, 0.29) is 6.29 Å². The topological polar surface area (TPSA) is 59.4 Å². The van der Waals surface area contributed by atoms with Crippen LogP contribution in [0.5, 0.6) is 11.5 Å². The lowest BCUT2D eigenvalue weighted by Gasteiger charge is -2.10. The number of aldehydes is 1. The van der Waals surface area contributed by atoms with Gasteiger partial charge in [-0.15, -0.1) is 13.2 Å². The highest BCUT2D eigenvalue weighted by molar-refractivity contribution is 5.77. The van der Waals surface area contributed by atoms with Crippen molar-refractivity contribution >= 4 is 6.29 Å². The first-order valence-electron chi connectivity index (χ1n) is 3.33. The number of hydrogen-bond acceptors (Lipinski definition) is 4. The van der Waals surface area contributed by atoms with Crippen molar-refractivity contribution in [2.24, 2.45) is 0 Å². The minimum Gasteiger partial charge on any atom is -0.503 e. The summed E-state index contributed by atoms with van der Waals surface area (Å²) in [5, 5.41) is 9.03. The number of ether oxygens (including phenoxy) is 1. The molecule has 1 aromatic heterocycles. The van der Waals surface area contributed by atoms with E-state index in [1.807, 2.05) is 0 Å². The van der Waals surface area contributed by atoms with Gasteiger partial charge in [-0.25, -0.2) is 4.98 Å². The molecule has 0 amide bonds. The van der Waals surface area contributed by atoms with E-state index in [9.17, 15) is 18.0 Å². The van der Waals surface area contributed by atoms with Gasteiger partial charge in [0.15, 0.2) is 17.8 Å². The van der Waals surface area contributed by atoms with Gasteiger partial charge in [0, 0.05) is 12.3 Å². The first-order valence-corrected chi connectivity index (χ1v) is 3.33. The summed E-state index contributed by atoms with van der Waals surface area (Å²) in [5.41, 5.74) is -0.508. The molecule has 0 aliphatic carbocycles. The molecule has 0 saturated carbocycles. The van der Waals surface area contributed by atoms with Gasteiger partial charge in [-0.2, -0.15) is 0 Å². The molecule has 0 unspecified atom stereocenters. The lowest BCUT2D eigenvalue weighted by atomic mass is 10.3. The average molecular weight is 207 g/mol. The first kappa shape index (κ1) is 10.3. The van der Waals surface area contributed by atoms with Crippen molar-refractivity contribution in [3.63, 3.8) is 0 Å². The van der Waals surface area contributed by atoms with Gasteiger partial charge >= 0.3 is 6.36 Å². The van der Waals surface area contributed by atoms with Crippen LogP contribution < -0.4 is 4.74 Å². The Kier molecular flexibility index (Phi) is 2.59. The third-order valence-electron chi connectivity index (χ3n) is 1.25. The summed E-state index contributed by atoms with van der Waals surface area (Å²) in [6, 6.07) is 0.801. The van der Waals surface area contributed by atoms with Crippen LogP contribution in [0.4, 0.5) is 13.2 Å². The Hall–Kier alpha value is -1.79. The zero-order valence-electron chi connectivity index (χ0n) is 6.58. The molecule has 1 rings (SSSR count). The Labute approximate surface area is 75.9 Å². The van der Waals surface area contributed by atoms with E-state index in [2.05, 4.69) is 9.72 Å². The van der Waals surface area contributed by atoms with Gasteiger partial charge in [0.25, 0.3) is 0 Å². The number of carbonyl (C=O) groups is 1. The predicted octanol–water partition coefficient (Wildman–Crippen LogP) is 1.50. The van der Waals surface area contributed by atoms with Crippen LogP contribution in [0.25, 0.3) is 0 Å². The van der Waals surface area contributed by atoms with Crippen LogP contribution in [0.2, 0.25) is 0 Å². The zero-order valence-corrected chi connectivity index (χ0v) is 6.58. The van der Waals surface area contributed by atoms with Gasteiger partial charge in [0.2, 0.25) is 0 Å². The van der Waals surface area contributed by atoms with E-state index < -0.39 is 23.6 Å². The molecule has 0 aliphatic heterocycles. The summed E-state index contributed by atoms with van der Waals surface area (Å²) in [4.78, 5) is 13.5. The monoisotopic (exact) mass is 207 g/mol. The molecule has 1 heterocycles. The van der Waals surface area contributed by atoms with E-state index in [1.165, 1.54) is 0 Å². The molecule has 76 valence electrons. The van der Waals surface area contributed by atoms with Gasteiger partial charge in [-0.1, -0.05) is 0 Å². The number of nitrogens with zero attached hydrogens (tertiary/aromatic N) is 1. The fraction of sp³-hybridized carbons (Fsp3) is 0.143. The van der Waals surface area contributed by atoms with Crippen LogP contribution >= 0.6 is 0 Å². The van der Waals surface area contributed by atoms with Crippen molar-refractivity contribution in [2.75, 3.05) is 0 Å². The van der Waals surface area contributed by atoms with Gasteiger partial charge in [0.05, 0.1) is 0 Å². The smallest absolute Gasteiger partial charge is 0.503 e. The second-order valence-corrected chi connectivity index (χ2v) is 2.21. The van der Waals surface area contributed by atoms with Crippen molar-refractivity contribution in [1.29, 1.82) is 0 Å². The van der Waals surface area contributed by atoms with Crippen molar-refractivity contribution in [1.82, 2.24) is 4.98 Å². The largest absolute Gasteiger partial charge is 0.573 e. The number of hydrogen-bond donors (Lipinski definition) is 1. The number of alkyl halides is 3. The van der Waals surface area contributed by atoms with E-state index in [4.69, 9.17) is 5.11 Å². The number of aromatic hydroxyl groups is 1. The fourth-order valence-electron chi connectivity index (χ4n) is 0.745. The highest BCUT2D eigenvalue weighted by Gasteiger charge is 2.32. The van der Waals surface area contributed by atoms with Crippen molar-refractivity contribution in [3.05, 3.63) is 18.0 Å². The molecule has 0 spiro atoms. The lowest BCUT2D eigenvalue weighted by Crippen LogP contribution is -2.17. The Balaban J connectivity index is 3.04. The minimum atomic E-state index is -4.92. The third-order valence-corrected chi connectivity index (χ3v) is 1.25. The van der Waals surface area contributed by atoms with Crippen LogP contribution in [-0.2, 0) is 0 Å². The molecule has 0 atom stereocenters. The molecule has 1 aromatic rings. The van der Waals surface area contributed by atoms with Crippen LogP contribution in [0.15, 0.2) is 12.3 Å². The van der Waals surface area contributed by atoms with E-state index >= 15 is 0 Å². The third kappa shape index (κ3) is 2.35. The predicted molar refractivity (Wildman–Crippen MR) is 38.0 cm³/mol. The summed E-state index contributed by atoms with van der Waals surface area (Å²) in [5.74, 6) is -1.78. The second-order valence-electron chi connectivity index (χ2n) is 2.21. The minimum absolute atomic E-state index is 0.124. The molecule has 0 saturated heterocycles. The SMILES string of the molecule is O=Cc1nccc(OC(F)(F)F)c1O. The number of halogens is 3. The Morgan fingerprint density at radius 3 is 2.64 bits per heavy atom. The Morgan fingerprint density at radius 1 is 1.50 bits per heavy atom. The van der Waals surface area contributed by atoms with Gasteiger partial charge in [-0.3, -0.25) is 4.79 Å². The number of pyridine rings is 1. The van der Waals surface area contributed by atoms with Crippen molar-refractivity contribution in [3.8, 4) is 11.5 Å². The van der Waals surface area contributed by atoms with E-state index in [0.717, 1.165) is 12.3 Å². The summed E-state index contributed by atoms with van der Waals surface area (Å²) in [6.07, 6.45) is -3.87. The lowest BCUT2D eigenvalue weighted by molar-refractivity contribution is -0.275. The normalized spacial score (nSPS) is 11.1. The van der Waals surface area contributed by atoms with Crippen molar-refractivity contribution < 1.29 is 27.8 Å². The van der Waals surface area contributed by atoms with Crippen LogP contribution in [0.3, 0.4) is 0 Å². The maximum atomic E-state index is 11.7. The van der Waals surface area contributed by atoms with Gasteiger partial charge in [0.1, 0.15) is 5.69 Å². The highest BCUT2D eigenvalue weighted by Crippen LogP contribution is 2.31. The standard InChI is InChI=1S/C7H4F3NO3/c8-7(9,10)14-5-1-2-11-4(3-12)6(5)13/h1-3,13H.